The van der Waals surface area contributed by atoms with Gasteiger partial charge in [0.1, 0.15) is 5.65 Å². The zero-order valence-corrected chi connectivity index (χ0v) is 16.6. The molecule has 0 fully saturated rings. The molecule has 0 bridgehead atoms. The van der Waals surface area contributed by atoms with Gasteiger partial charge in [0.15, 0.2) is 5.15 Å². The van der Waals surface area contributed by atoms with Gasteiger partial charge >= 0.3 is 0 Å². The first-order chi connectivity index (χ1) is 12.6. The standard InChI is InChI=1S/C21H20ClN3S/c1-4-26(5-2)15-8-6-7-14(10-15)17-12-23-20(22)19-18(17)16-9-13(3)11-24-21(16)25-19/h4,6-12H,5H2,1-3H3,(H,24,25). The highest BCUT2D eigenvalue weighted by Gasteiger charge is 2.15. The molecule has 5 heteroatoms. The van der Waals surface area contributed by atoms with Gasteiger partial charge in [0.05, 0.1) is 5.52 Å². The highest BCUT2D eigenvalue weighted by molar-refractivity contribution is 8.15. The number of aromatic nitrogens is 3. The number of pyridine rings is 2. The van der Waals surface area contributed by atoms with Gasteiger partial charge in [0.25, 0.3) is 0 Å². The van der Waals surface area contributed by atoms with E-state index >= 15 is 0 Å². The molecule has 4 aromatic rings. The Labute approximate surface area is 160 Å². The van der Waals surface area contributed by atoms with Crippen LogP contribution in [0, 0.1) is 6.92 Å². The minimum absolute atomic E-state index is 0.163. The molecule has 4 rings (SSSR count). The maximum atomic E-state index is 6.38. The maximum Gasteiger partial charge on any atom is 0.153 e. The SMILES string of the molecule is C/C=S(\CC)c1cccc(-c2cnc(Cl)c3[nH]c4ncc(C)cc4c23)c1. The molecule has 1 N–H and O–H groups in total. The molecule has 1 aromatic carbocycles. The number of H-pyrrole nitrogens is 1. The summed E-state index contributed by atoms with van der Waals surface area (Å²) in [6.07, 6.45) is 3.74. The molecule has 0 saturated heterocycles. The number of fused-ring (bicyclic) bond motifs is 3. The van der Waals surface area contributed by atoms with Crippen LogP contribution in [-0.4, -0.2) is 26.1 Å². The predicted octanol–water partition coefficient (Wildman–Crippen LogP) is 6.21. The smallest absolute Gasteiger partial charge is 0.153 e. The molecule has 1 unspecified atom stereocenters. The van der Waals surface area contributed by atoms with Gasteiger partial charge in [-0.05, 0) is 48.9 Å². The van der Waals surface area contributed by atoms with Crippen molar-refractivity contribution in [2.24, 2.45) is 0 Å². The second-order valence-corrected chi connectivity index (χ2v) is 8.96. The van der Waals surface area contributed by atoms with Crippen molar-refractivity contribution in [3.05, 3.63) is 53.4 Å². The Morgan fingerprint density at radius 2 is 2.04 bits per heavy atom. The molecule has 3 nitrogen and oxygen atoms in total. The Morgan fingerprint density at radius 1 is 1.19 bits per heavy atom. The van der Waals surface area contributed by atoms with Crippen molar-refractivity contribution in [3.8, 4) is 11.1 Å². The molecule has 3 aromatic heterocycles. The number of nitrogens with zero attached hydrogens (tertiary/aromatic N) is 2. The first kappa shape index (κ1) is 17.3. The van der Waals surface area contributed by atoms with Crippen LogP contribution in [0.3, 0.4) is 0 Å². The first-order valence-corrected chi connectivity index (χ1v) is 10.5. The summed E-state index contributed by atoms with van der Waals surface area (Å²) in [6.45, 7) is 6.42. The molecule has 132 valence electrons. The van der Waals surface area contributed by atoms with Crippen LogP contribution in [0.4, 0.5) is 0 Å². The van der Waals surface area contributed by atoms with Gasteiger partial charge in [-0.15, -0.1) is 0 Å². The van der Waals surface area contributed by atoms with Gasteiger partial charge < -0.3 is 4.98 Å². The van der Waals surface area contributed by atoms with E-state index in [1.54, 1.807) is 0 Å². The highest BCUT2D eigenvalue weighted by Crippen LogP contribution is 2.38. The van der Waals surface area contributed by atoms with E-state index in [-0.39, 0.29) is 10.5 Å². The second-order valence-electron chi connectivity index (χ2n) is 6.23. The summed E-state index contributed by atoms with van der Waals surface area (Å²) in [5.41, 5.74) is 5.05. The molecule has 0 aliphatic carbocycles. The summed E-state index contributed by atoms with van der Waals surface area (Å²) in [7, 11) is 0.163. The molecule has 1 atom stereocenters. The average molecular weight is 382 g/mol. The Bertz CT molecular complexity index is 1160. The third-order valence-electron chi connectivity index (χ3n) is 4.61. The lowest BCUT2D eigenvalue weighted by Gasteiger charge is -2.10. The first-order valence-electron chi connectivity index (χ1n) is 8.64. The molecule has 3 heterocycles. The lowest BCUT2D eigenvalue weighted by atomic mass is 10.0. The van der Waals surface area contributed by atoms with Crippen molar-refractivity contribution in [3.63, 3.8) is 0 Å². The summed E-state index contributed by atoms with van der Waals surface area (Å²) >= 11 is 6.38. The van der Waals surface area contributed by atoms with Crippen LogP contribution in [0.25, 0.3) is 33.1 Å². The zero-order valence-electron chi connectivity index (χ0n) is 15.0. The van der Waals surface area contributed by atoms with Crippen LogP contribution >= 0.6 is 22.1 Å². The lowest BCUT2D eigenvalue weighted by Crippen LogP contribution is -1.87. The fraction of sp³-hybridized carbons (Fsp3) is 0.190. The number of aromatic amines is 1. The molecule has 0 amide bonds. The third-order valence-corrected chi connectivity index (χ3v) is 6.95. The average Bonchev–Trinajstić information content (AvgIpc) is 3.03. The van der Waals surface area contributed by atoms with E-state index in [0.717, 1.165) is 44.4 Å². The normalized spacial score (nSPS) is 12.9. The molecule has 0 aliphatic rings. The van der Waals surface area contributed by atoms with Crippen LogP contribution in [0.15, 0.2) is 47.6 Å². The fourth-order valence-corrected chi connectivity index (χ4v) is 5.04. The minimum Gasteiger partial charge on any atom is -0.337 e. The van der Waals surface area contributed by atoms with E-state index in [1.807, 2.05) is 12.4 Å². The number of nitrogens with one attached hydrogen (secondary N) is 1. The zero-order chi connectivity index (χ0) is 18.3. The summed E-state index contributed by atoms with van der Waals surface area (Å²) in [5, 5.41) is 4.94. The van der Waals surface area contributed by atoms with Crippen molar-refractivity contribution in [2.75, 3.05) is 5.75 Å². The van der Waals surface area contributed by atoms with Gasteiger partial charge in [-0.3, -0.25) is 0 Å². The molecular formula is C21H20ClN3S. The van der Waals surface area contributed by atoms with Crippen molar-refractivity contribution in [1.82, 2.24) is 15.0 Å². The van der Waals surface area contributed by atoms with Crippen LogP contribution in [0.5, 0.6) is 0 Å². The van der Waals surface area contributed by atoms with Gasteiger partial charge in [0, 0.05) is 33.6 Å². The Morgan fingerprint density at radius 3 is 2.81 bits per heavy atom. The molecule has 0 aliphatic heterocycles. The summed E-state index contributed by atoms with van der Waals surface area (Å²) in [4.78, 5) is 13.6. The Balaban J connectivity index is 2.04. The lowest BCUT2D eigenvalue weighted by molar-refractivity contribution is 1.29. The van der Waals surface area contributed by atoms with Crippen molar-refractivity contribution < 1.29 is 0 Å². The van der Waals surface area contributed by atoms with Crippen LogP contribution in [-0.2, 0) is 0 Å². The largest absolute Gasteiger partial charge is 0.337 e. The van der Waals surface area contributed by atoms with Gasteiger partial charge in [-0.25, -0.2) is 9.97 Å². The maximum absolute atomic E-state index is 6.38. The van der Waals surface area contributed by atoms with Crippen LogP contribution in [0.2, 0.25) is 5.15 Å². The predicted molar refractivity (Wildman–Crippen MR) is 115 cm³/mol. The van der Waals surface area contributed by atoms with E-state index in [1.165, 1.54) is 4.90 Å². The molecular weight excluding hydrogens is 362 g/mol. The number of benzene rings is 1. The van der Waals surface area contributed by atoms with Gasteiger partial charge in [0.2, 0.25) is 0 Å². The second kappa shape index (κ2) is 6.86. The van der Waals surface area contributed by atoms with E-state index in [9.17, 15) is 0 Å². The third kappa shape index (κ3) is 2.83. The van der Waals surface area contributed by atoms with Crippen LogP contribution < -0.4 is 0 Å². The number of hydrogen-bond donors (Lipinski definition) is 1. The summed E-state index contributed by atoms with van der Waals surface area (Å²) in [5.74, 6) is 1.12. The molecule has 0 spiro atoms. The van der Waals surface area contributed by atoms with E-state index in [0.29, 0.717) is 5.15 Å². The molecule has 0 radical (unpaired) electrons. The number of hydrogen-bond acceptors (Lipinski definition) is 2. The molecule has 26 heavy (non-hydrogen) atoms. The van der Waals surface area contributed by atoms with Crippen molar-refractivity contribution in [2.45, 2.75) is 25.7 Å². The van der Waals surface area contributed by atoms with E-state index in [2.05, 4.69) is 71.4 Å². The minimum atomic E-state index is 0.163. The Hall–Kier alpha value is -2.17. The number of rotatable bonds is 3. The van der Waals surface area contributed by atoms with Gasteiger partial charge in [-0.1, -0.05) is 36.0 Å². The van der Waals surface area contributed by atoms with E-state index in [4.69, 9.17) is 11.6 Å². The summed E-state index contributed by atoms with van der Waals surface area (Å²) < 4.78 is 0. The highest BCUT2D eigenvalue weighted by atomic mass is 35.5. The van der Waals surface area contributed by atoms with Crippen LogP contribution in [0.1, 0.15) is 19.4 Å². The monoisotopic (exact) mass is 381 g/mol. The topological polar surface area (TPSA) is 41.6 Å². The number of aryl methyl sites for hydroxylation is 1. The Kier molecular flexibility index (Phi) is 4.55. The van der Waals surface area contributed by atoms with Crippen molar-refractivity contribution in [1.29, 1.82) is 0 Å². The summed E-state index contributed by atoms with van der Waals surface area (Å²) in [6, 6.07) is 10.9. The van der Waals surface area contributed by atoms with Gasteiger partial charge in [-0.2, -0.15) is 10.5 Å². The fourth-order valence-electron chi connectivity index (χ4n) is 3.37. The van der Waals surface area contributed by atoms with E-state index < -0.39 is 0 Å². The quantitative estimate of drug-likeness (QED) is 0.338. The molecule has 0 saturated carbocycles. The number of halogens is 1. The van der Waals surface area contributed by atoms with Crippen molar-refractivity contribution >= 4 is 49.4 Å².